The molecular formula is C27H10F16N+. The third kappa shape index (κ3) is 4.30. The lowest BCUT2D eigenvalue weighted by atomic mass is 9.72. The van der Waals surface area contributed by atoms with Gasteiger partial charge in [-0.2, -0.15) is 4.39 Å². The Hall–Kier alpha value is -4.28. The smallest absolute Gasteiger partial charge is 0.225 e. The summed E-state index contributed by atoms with van der Waals surface area (Å²) in [5.74, 6) is -42.9. The average Bonchev–Trinajstić information content (AvgIpc) is 2.91. The molecule has 0 radical (unpaired) electrons. The molecule has 0 aliphatic heterocycles. The number of quaternary nitrogens is 1. The summed E-state index contributed by atoms with van der Waals surface area (Å²) in [6.07, 6.45) is 0. The fourth-order valence-corrected chi connectivity index (χ4v) is 5.14. The molecule has 4 aromatic rings. The molecule has 17 heteroatoms. The van der Waals surface area contributed by atoms with E-state index in [-0.39, 0.29) is 14.1 Å². The predicted molar refractivity (Wildman–Crippen MR) is 119 cm³/mol. The van der Waals surface area contributed by atoms with Crippen LogP contribution in [0, 0.1) is 93.1 Å². The lowest BCUT2D eigenvalue weighted by molar-refractivity contribution is 0.187. The first-order valence-electron chi connectivity index (χ1n) is 11.4. The Labute approximate surface area is 234 Å². The highest BCUT2D eigenvalue weighted by Crippen LogP contribution is 2.54. The maximum Gasteiger partial charge on any atom is 0.225 e. The lowest BCUT2D eigenvalue weighted by Crippen LogP contribution is -2.63. The summed E-state index contributed by atoms with van der Waals surface area (Å²) in [5, 5.41) is 0. The van der Waals surface area contributed by atoms with Crippen LogP contribution in [0.1, 0.15) is 16.7 Å². The van der Waals surface area contributed by atoms with Crippen molar-refractivity contribution in [2.75, 3.05) is 14.1 Å². The molecule has 0 aliphatic rings. The molecule has 4 aromatic carbocycles. The quantitative estimate of drug-likeness (QED) is 0.0668. The van der Waals surface area contributed by atoms with Crippen LogP contribution in [0.4, 0.5) is 75.9 Å². The average molecular weight is 652 g/mol. The minimum absolute atomic E-state index is 0.0826. The minimum Gasteiger partial charge on any atom is -0.274 e. The fourth-order valence-electron chi connectivity index (χ4n) is 5.14. The predicted octanol–water partition coefficient (Wildman–Crippen LogP) is 8.47. The molecule has 0 spiro atoms. The van der Waals surface area contributed by atoms with E-state index in [0.717, 1.165) is 0 Å². The molecule has 0 saturated carbocycles. The summed E-state index contributed by atoms with van der Waals surface area (Å²) in [7, 11) is 0.165. The summed E-state index contributed by atoms with van der Waals surface area (Å²) in [6.45, 7) is 0. The SMILES string of the molecule is C[N+](C)(c1c(F)cc(F)c(F)c1F)C(c1c(F)cc(F)c(F)c1F)(c1c(F)cc(F)c(F)c1F)c1c(F)cc(F)c(F)c1F. The zero-order valence-electron chi connectivity index (χ0n) is 21.3. The summed E-state index contributed by atoms with van der Waals surface area (Å²) in [6, 6.07) is -2.43. The van der Waals surface area contributed by atoms with Crippen molar-refractivity contribution in [3.05, 3.63) is 134 Å². The van der Waals surface area contributed by atoms with Crippen LogP contribution in [0.15, 0.2) is 24.3 Å². The highest BCUT2D eigenvalue weighted by atomic mass is 19.2. The number of rotatable bonds is 5. The molecule has 0 fully saturated rings. The number of hydrogen-bond donors (Lipinski definition) is 0. The zero-order valence-corrected chi connectivity index (χ0v) is 21.3. The second-order valence-electron chi connectivity index (χ2n) is 9.51. The third-order valence-electron chi connectivity index (χ3n) is 6.92. The topological polar surface area (TPSA) is 0 Å². The summed E-state index contributed by atoms with van der Waals surface area (Å²) in [4.78, 5) is 0. The van der Waals surface area contributed by atoms with Crippen LogP contribution in [0.5, 0.6) is 0 Å². The van der Waals surface area contributed by atoms with E-state index in [9.17, 15) is 35.1 Å². The van der Waals surface area contributed by atoms with Crippen molar-refractivity contribution in [2.24, 2.45) is 0 Å². The Bertz CT molecular complexity index is 1710. The van der Waals surface area contributed by atoms with Crippen LogP contribution in [0.25, 0.3) is 0 Å². The summed E-state index contributed by atoms with van der Waals surface area (Å²) in [5.41, 5.74) is -14.7. The Morgan fingerprint density at radius 1 is 0.341 bits per heavy atom. The van der Waals surface area contributed by atoms with Crippen molar-refractivity contribution in [3.8, 4) is 0 Å². The first-order chi connectivity index (χ1) is 20.2. The Balaban J connectivity index is 2.55. The normalized spacial score (nSPS) is 12.3. The van der Waals surface area contributed by atoms with Crippen LogP contribution in [0.3, 0.4) is 0 Å². The van der Waals surface area contributed by atoms with E-state index < -0.39 is 150 Å². The fraction of sp³-hybridized carbons (Fsp3) is 0.111. The third-order valence-corrected chi connectivity index (χ3v) is 6.92. The number of halogens is 16. The molecule has 0 heterocycles. The molecule has 234 valence electrons. The van der Waals surface area contributed by atoms with Gasteiger partial charge in [-0.1, -0.05) is 0 Å². The number of hydrogen-bond acceptors (Lipinski definition) is 0. The standard InChI is InChI=1S/C27H10F16N/c1-44(2,26-14(35)6-13(34)21(39)25(26)43)27(15-7(28)3-10(31)18(36)22(15)40,16-8(29)4-11(32)19(37)23(16)41)17-9(30)5-12(33)20(38)24(17)42/h3-6H,1-2H3/q+1. The van der Waals surface area contributed by atoms with E-state index in [1.54, 1.807) is 0 Å². The summed E-state index contributed by atoms with van der Waals surface area (Å²) >= 11 is 0. The molecule has 0 N–H and O–H groups in total. The van der Waals surface area contributed by atoms with E-state index in [2.05, 4.69) is 0 Å². The van der Waals surface area contributed by atoms with Crippen LogP contribution >= 0.6 is 0 Å². The van der Waals surface area contributed by atoms with Crippen molar-refractivity contribution in [1.29, 1.82) is 0 Å². The maximum atomic E-state index is 15.7. The lowest BCUT2D eigenvalue weighted by Gasteiger charge is -2.49. The number of nitrogens with zero attached hydrogens (tertiary/aromatic N) is 1. The van der Waals surface area contributed by atoms with Crippen molar-refractivity contribution >= 4 is 5.69 Å². The Kier molecular flexibility index (Phi) is 7.94. The maximum absolute atomic E-state index is 15.7. The Morgan fingerprint density at radius 2 is 0.591 bits per heavy atom. The van der Waals surface area contributed by atoms with Crippen LogP contribution in [-0.4, -0.2) is 14.1 Å². The molecule has 0 aliphatic carbocycles. The van der Waals surface area contributed by atoms with Crippen molar-refractivity contribution in [2.45, 2.75) is 5.54 Å². The van der Waals surface area contributed by atoms with Crippen LogP contribution in [0.2, 0.25) is 0 Å². The van der Waals surface area contributed by atoms with Gasteiger partial charge in [-0.25, -0.2) is 65.9 Å². The largest absolute Gasteiger partial charge is 0.274 e. The highest BCUT2D eigenvalue weighted by Gasteiger charge is 2.63. The second kappa shape index (κ2) is 10.7. The molecule has 0 unspecified atom stereocenters. The van der Waals surface area contributed by atoms with Gasteiger partial charge in [0.05, 0.1) is 30.8 Å². The molecular weight excluding hydrogens is 642 g/mol. The van der Waals surface area contributed by atoms with Gasteiger partial charge in [0.1, 0.15) is 17.5 Å². The second-order valence-corrected chi connectivity index (χ2v) is 9.51. The molecule has 0 amide bonds. The van der Waals surface area contributed by atoms with Gasteiger partial charge >= 0.3 is 0 Å². The van der Waals surface area contributed by atoms with Gasteiger partial charge in [-0.3, -0.25) is 4.48 Å². The van der Waals surface area contributed by atoms with Crippen molar-refractivity contribution in [1.82, 2.24) is 4.48 Å². The van der Waals surface area contributed by atoms with E-state index in [1.807, 2.05) is 0 Å². The van der Waals surface area contributed by atoms with Crippen molar-refractivity contribution < 1.29 is 70.2 Å². The van der Waals surface area contributed by atoms with Gasteiger partial charge in [0.25, 0.3) is 0 Å². The van der Waals surface area contributed by atoms with Gasteiger partial charge < -0.3 is 0 Å². The first-order valence-corrected chi connectivity index (χ1v) is 11.4. The minimum atomic E-state index is -4.76. The van der Waals surface area contributed by atoms with Crippen LogP contribution in [-0.2, 0) is 5.54 Å². The molecule has 1 nitrogen and oxygen atoms in total. The molecule has 0 saturated heterocycles. The number of benzene rings is 4. The first kappa shape index (κ1) is 32.6. The molecule has 44 heavy (non-hydrogen) atoms. The van der Waals surface area contributed by atoms with Gasteiger partial charge in [0, 0.05) is 24.3 Å². The monoisotopic (exact) mass is 652 g/mol. The highest BCUT2D eigenvalue weighted by molar-refractivity contribution is 5.62. The van der Waals surface area contributed by atoms with Gasteiger partial charge in [-0.15, -0.1) is 0 Å². The van der Waals surface area contributed by atoms with Gasteiger partial charge in [0.15, 0.2) is 69.5 Å². The van der Waals surface area contributed by atoms with Crippen LogP contribution < -0.4 is 4.48 Å². The van der Waals surface area contributed by atoms with Gasteiger partial charge in [0.2, 0.25) is 17.3 Å². The van der Waals surface area contributed by atoms with E-state index in [0.29, 0.717) is 0 Å². The molecule has 0 bridgehead atoms. The molecule has 0 aromatic heterocycles. The summed E-state index contributed by atoms with van der Waals surface area (Å²) < 4.78 is 236. The Morgan fingerprint density at radius 3 is 0.886 bits per heavy atom. The molecule has 0 atom stereocenters. The van der Waals surface area contributed by atoms with E-state index in [1.165, 1.54) is 0 Å². The zero-order chi connectivity index (χ0) is 33.4. The van der Waals surface area contributed by atoms with E-state index >= 15 is 35.1 Å². The molecule has 4 rings (SSSR count). The van der Waals surface area contributed by atoms with E-state index in [4.69, 9.17) is 0 Å². The van der Waals surface area contributed by atoms with Gasteiger partial charge in [-0.05, 0) is 0 Å². The van der Waals surface area contributed by atoms with Crippen molar-refractivity contribution in [3.63, 3.8) is 0 Å².